The minimum Gasteiger partial charge on any atom is -0.403 e. The van der Waals surface area contributed by atoms with E-state index in [0.29, 0.717) is 28.2 Å². The molecular weight excluding hydrogens is 537 g/mol. The van der Waals surface area contributed by atoms with Crippen LogP contribution in [0.2, 0.25) is 0 Å². The third-order valence-electron chi connectivity index (χ3n) is 5.97. The van der Waals surface area contributed by atoms with E-state index >= 15 is 0 Å². The molecule has 4 rings (SSSR count). The van der Waals surface area contributed by atoms with Gasteiger partial charge in [-0.05, 0) is 61.5 Å². The summed E-state index contributed by atoms with van der Waals surface area (Å²) in [5, 5.41) is 9.07. The molecule has 0 atom stereocenters. The number of aliphatic imine (C=N–C) groups is 1. The lowest BCUT2D eigenvalue weighted by Gasteiger charge is -2.29. The zero-order chi connectivity index (χ0) is 28.5. The van der Waals surface area contributed by atoms with Crippen molar-refractivity contribution in [2.45, 2.75) is 11.3 Å². The third kappa shape index (κ3) is 7.42. The van der Waals surface area contributed by atoms with E-state index in [1.807, 2.05) is 12.2 Å². The number of aromatic nitrogens is 2. The fourth-order valence-electron chi connectivity index (χ4n) is 3.83. The Labute approximate surface area is 235 Å². The van der Waals surface area contributed by atoms with Gasteiger partial charge in [-0.15, -0.1) is 0 Å². The molecule has 208 valence electrons. The molecule has 12 heteroatoms. The smallest absolute Gasteiger partial charge is 0.229 e. The molecular formula is C28H29F3N8S. The van der Waals surface area contributed by atoms with Gasteiger partial charge >= 0.3 is 0 Å². The summed E-state index contributed by atoms with van der Waals surface area (Å²) in [5.41, 5.74) is 8.13. The highest BCUT2D eigenvalue weighted by Gasteiger charge is 2.16. The summed E-state index contributed by atoms with van der Waals surface area (Å²) in [4.78, 5) is 14.8. The quantitative estimate of drug-likeness (QED) is 0.151. The summed E-state index contributed by atoms with van der Waals surface area (Å²) in [6.07, 6.45) is 9.34. The van der Waals surface area contributed by atoms with E-state index in [0.717, 1.165) is 19.6 Å². The minimum absolute atomic E-state index is 0.106. The number of nitrogens with one attached hydrogen (secondary N) is 3. The molecule has 40 heavy (non-hydrogen) atoms. The van der Waals surface area contributed by atoms with Gasteiger partial charge in [-0.3, -0.25) is 9.89 Å². The molecule has 0 amide bonds. The highest BCUT2D eigenvalue weighted by Crippen LogP contribution is 2.34. The van der Waals surface area contributed by atoms with Gasteiger partial charge in [0.15, 0.2) is 0 Å². The van der Waals surface area contributed by atoms with Gasteiger partial charge in [-0.1, -0.05) is 18.7 Å². The van der Waals surface area contributed by atoms with E-state index in [1.54, 1.807) is 19.2 Å². The van der Waals surface area contributed by atoms with Crippen LogP contribution in [0.15, 0.2) is 88.8 Å². The summed E-state index contributed by atoms with van der Waals surface area (Å²) in [5.74, 6) is -0.982. The van der Waals surface area contributed by atoms with Gasteiger partial charge in [0, 0.05) is 49.2 Å². The van der Waals surface area contributed by atoms with E-state index in [2.05, 4.69) is 42.4 Å². The Hall–Kier alpha value is -4.29. The maximum Gasteiger partial charge on any atom is 0.229 e. The fourth-order valence-corrected chi connectivity index (χ4v) is 4.08. The second-order valence-electron chi connectivity index (χ2n) is 8.84. The van der Waals surface area contributed by atoms with Gasteiger partial charge in [-0.2, -0.15) is 8.87 Å². The summed E-state index contributed by atoms with van der Waals surface area (Å²) < 4.78 is 42.4. The molecule has 3 aromatic rings. The average molecular weight is 567 g/mol. The molecule has 2 heterocycles. The summed E-state index contributed by atoms with van der Waals surface area (Å²) in [7, 11) is 1.58. The number of hydrogen-bond donors (Lipinski definition) is 4. The Morgan fingerprint density at radius 1 is 1.18 bits per heavy atom. The van der Waals surface area contributed by atoms with Crippen LogP contribution >= 0.6 is 12.1 Å². The third-order valence-corrected chi connectivity index (χ3v) is 6.47. The summed E-state index contributed by atoms with van der Waals surface area (Å²) in [6, 6.07) is 8.47. The van der Waals surface area contributed by atoms with Crippen molar-refractivity contribution in [3.8, 4) is 11.1 Å². The van der Waals surface area contributed by atoms with Crippen LogP contribution in [0.4, 0.5) is 35.8 Å². The van der Waals surface area contributed by atoms with Crippen molar-refractivity contribution in [1.82, 2.24) is 14.9 Å². The second-order valence-corrected chi connectivity index (χ2v) is 9.43. The molecule has 0 spiro atoms. The van der Waals surface area contributed by atoms with E-state index in [4.69, 9.17) is 5.73 Å². The molecule has 0 saturated carbocycles. The number of nitrogens with two attached hydrogens (primary N) is 1. The van der Waals surface area contributed by atoms with Crippen LogP contribution in [0, 0.1) is 11.6 Å². The first kappa shape index (κ1) is 28.7. The fraction of sp³-hybridized carbons (Fsp3) is 0.179. The van der Waals surface area contributed by atoms with Crippen LogP contribution in [0.25, 0.3) is 11.1 Å². The molecule has 1 saturated heterocycles. The maximum absolute atomic E-state index is 15.0. The number of rotatable bonds is 12. The molecule has 1 fully saturated rings. The Morgan fingerprint density at radius 2 is 2.00 bits per heavy atom. The normalized spacial score (nSPS) is 13.9. The Bertz CT molecular complexity index is 1450. The van der Waals surface area contributed by atoms with Crippen LogP contribution in [-0.4, -0.2) is 47.8 Å². The van der Waals surface area contributed by atoms with Crippen molar-refractivity contribution in [1.29, 1.82) is 0 Å². The lowest BCUT2D eigenvalue weighted by molar-refractivity contribution is 0.203. The molecule has 1 aliphatic rings. The molecule has 0 bridgehead atoms. The maximum atomic E-state index is 15.0. The van der Waals surface area contributed by atoms with Crippen LogP contribution in [-0.2, 0) is 0 Å². The van der Waals surface area contributed by atoms with Crippen LogP contribution in [0.3, 0.4) is 0 Å². The second kappa shape index (κ2) is 13.7. The van der Waals surface area contributed by atoms with Gasteiger partial charge in [0.05, 0.1) is 28.4 Å². The molecule has 8 nitrogen and oxygen atoms in total. The molecule has 0 radical (unpaired) electrons. The number of likely N-dealkylation sites (tertiary alicyclic amines) is 1. The lowest BCUT2D eigenvalue weighted by Crippen LogP contribution is -2.36. The first-order valence-corrected chi connectivity index (χ1v) is 13.1. The molecule has 5 N–H and O–H groups in total. The van der Waals surface area contributed by atoms with Crippen molar-refractivity contribution in [2.75, 3.05) is 42.6 Å². The predicted octanol–water partition coefficient (Wildman–Crippen LogP) is 6.24. The largest absolute Gasteiger partial charge is 0.403 e. The van der Waals surface area contributed by atoms with Crippen LogP contribution in [0.5, 0.6) is 0 Å². The SMILES string of the molecule is C=C(/C=C/CN1CCC1)Nc1ccc(F)c(Nc2nc(N/C(C=NC)=C/N)ncc2-c2ccc(SF)c(F)c2)c1. The van der Waals surface area contributed by atoms with Crippen molar-refractivity contribution in [2.24, 2.45) is 10.7 Å². The number of halogens is 3. The zero-order valence-corrected chi connectivity index (χ0v) is 22.6. The number of anilines is 4. The van der Waals surface area contributed by atoms with Gasteiger partial charge in [0.25, 0.3) is 0 Å². The number of hydrogen-bond acceptors (Lipinski definition) is 9. The number of allylic oxidation sites excluding steroid dienone is 2. The van der Waals surface area contributed by atoms with Gasteiger partial charge in [-0.25, -0.2) is 13.8 Å². The standard InChI is InChI=1S/C28H29F3N8S/c1-18(5-3-10-39-11-4-12-39)35-20-7-8-23(29)25(14-20)37-27-22(19-6-9-26(40-31)24(30)13-19)17-34-28(38-27)36-21(15-32)16-33-2/h3,5-9,13-17,35H,1,4,10-12,32H2,2H3,(H2,34,36,37,38)/b5-3+,21-15+,33-16?. The lowest BCUT2D eigenvalue weighted by atomic mass is 10.1. The van der Waals surface area contributed by atoms with Gasteiger partial charge < -0.3 is 21.7 Å². The van der Waals surface area contributed by atoms with E-state index < -0.39 is 11.6 Å². The topological polar surface area (TPSA) is 103 Å². The van der Waals surface area contributed by atoms with Crippen molar-refractivity contribution >= 4 is 41.5 Å². The number of nitrogens with zero attached hydrogens (tertiary/aromatic N) is 4. The molecule has 1 aliphatic heterocycles. The van der Waals surface area contributed by atoms with Crippen LogP contribution in [0.1, 0.15) is 6.42 Å². The highest BCUT2D eigenvalue weighted by molar-refractivity contribution is 7.94. The Balaban J connectivity index is 1.63. The van der Waals surface area contributed by atoms with E-state index in [1.165, 1.54) is 49.3 Å². The van der Waals surface area contributed by atoms with Crippen LogP contribution < -0.4 is 21.7 Å². The van der Waals surface area contributed by atoms with E-state index in [9.17, 15) is 12.7 Å². The zero-order valence-electron chi connectivity index (χ0n) is 21.8. The molecule has 2 aromatic carbocycles. The summed E-state index contributed by atoms with van der Waals surface area (Å²) >= 11 is -0.192. The Morgan fingerprint density at radius 3 is 2.67 bits per heavy atom. The molecule has 1 aromatic heterocycles. The number of benzene rings is 2. The minimum atomic E-state index is -0.747. The molecule has 0 unspecified atom stereocenters. The Kier molecular flexibility index (Phi) is 9.81. The van der Waals surface area contributed by atoms with Crippen molar-refractivity contribution < 1.29 is 12.7 Å². The average Bonchev–Trinajstić information content (AvgIpc) is 2.92. The van der Waals surface area contributed by atoms with Crippen molar-refractivity contribution in [3.05, 3.63) is 90.6 Å². The molecule has 0 aliphatic carbocycles. The van der Waals surface area contributed by atoms with Crippen molar-refractivity contribution in [3.63, 3.8) is 0 Å². The van der Waals surface area contributed by atoms with Gasteiger partial charge in [0.2, 0.25) is 5.95 Å². The first-order chi connectivity index (χ1) is 19.4. The van der Waals surface area contributed by atoms with Gasteiger partial charge in [0.1, 0.15) is 17.5 Å². The highest BCUT2D eigenvalue weighted by atomic mass is 32.2. The summed E-state index contributed by atoms with van der Waals surface area (Å²) in [6.45, 7) is 7.06. The monoisotopic (exact) mass is 566 g/mol. The van der Waals surface area contributed by atoms with E-state index in [-0.39, 0.29) is 34.5 Å². The first-order valence-electron chi connectivity index (χ1n) is 12.4. The predicted molar refractivity (Wildman–Crippen MR) is 157 cm³/mol.